The maximum Gasteiger partial charge on any atom is 0.275 e. The van der Waals surface area contributed by atoms with E-state index < -0.39 is 10.0 Å². The van der Waals surface area contributed by atoms with Crippen LogP contribution in [0.3, 0.4) is 0 Å². The summed E-state index contributed by atoms with van der Waals surface area (Å²) in [6, 6.07) is 7.07. The first-order valence-corrected chi connectivity index (χ1v) is 10.8. The van der Waals surface area contributed by atoms with Crippen molar-refractivity contribution in [3.8, 4) is 12.3 Å². The van der Waals surface area contributed by atoms with Gasteiger partial charge in [-0.15, -0.1) is 6.42 Å². The van der Waals surface area contributed by atoms with Crippen LogP contribution in [0.15, 0.2) is 29.1 Å². The SMILES string of the molecule is C#CCn1nc(CNC(=O)C2CCN(S(C)(=O)=O)CC2)c2ccccc2c1=O. The second-order valence-electron chi connectivity index (χ2n) is 6.81. The minimum absolute atomic E-state index is 0.0502. The van der Waals surface area contributed by atoms with Crippen LogP contribution in [0, 0.1) is 18.3 Å². The van der Waals surface area contributed by atoms with Crippen molar-refractivity contribution >= 4 is 26.7 Å². The van der Waals surface area contributed by atoms with Crippen molar-refractivity contribution in [2.45, 2.75) is 25.9 Å². The van der Waals surface area contributed by atoms with Crippen LogP contribution in [0.2, 0.25) is 0 Å². The second-order valence-corrected chi connectivity index (χ2v) is 8.80. The van der Waals surface area contributed by atoms with Gasteiger partial charge in [0.2, 0.25) is 15.9 Å². The van der Waals surface area contributed by atoms with Crippen molar-refractivity contribution in [2.75, 3.05) is 19.3 Å². The molecule has 1 N–H and O–H groups in total. The highest BCUT2D eigenvalue weighted by Gasteiger charge is 2.28. The molecule has 1 fully saturated rings. The van der Waals surface area contributed by atoms with Gasteiger partial charge in [0.15, 0.2) is 0 Å². The van der Waals surface area contributed by atoms with Gasteiger partial charge < -0.3 is 5.32 Å². The van der Waals surface area contributed by atoms with Crippen molar-refractivity contribution in [2.24, 2.45) is 5.92 Å². The van der Waals surface area contributed by atoms with E-state index in [-0.39, 0.29) is 30.5 Å². The number of nitrogens with one attached hydrogen (secondary N) is 1. The summed E-state index contributed by atoms with van der Waals surface area (Å²) in [5.41, 5.74) is 0.296. The van der Waals surface area contributed by atoms with Crippen LogP contribution in [-0.2, 0) is 27.9 Å². The Morgan fingerprint density at radius 1 is 1.29 bits per heavy atom. The molecule has 1 aromatic carbocycles. The molecule has 1 aliphatic rings. The van der Waals surface area contributed by atoms with Gasteiger partial charge in [0.05, 0.1) is 23.9 Å². The van der Waals surface area contributed by atoms with E-state index in [0.29, 0.717) is 42.4 Å². The molecule has 8 nitrogen and oxygen atoms in total. The molecule has 2 heterocycles. The molecule has 0 atom stereocenters. The molecule has 148 valence electrons. The predicted molar refractivity (Wildman–Crippen MR) is 106 cm³/mol. The first-order valence-electron chi connectivity index (χ1n) is 8.96. The number of sulfonamides is 1. The number of rotatable bonds is 5. The van der Waals surface area contributed by atoms with Gasteiger partial charge in [-0.25, -0.2) is 17.4 Å². The van der Waals surface area contributed by atoms with E-state index >= 15 is 0 Å². The van der Waals surface area contributed by atoms with E-state index in [4.69, 9.17) is 6.42 Å². The zero-order valence-corrected chi connectivity index (χ0v) is 16.4. The van der Waals surface area contributed by atoms with Gasteiger partial charge in [-0.3, -0.25) is 9.59 Å². The number of fused-ring (bicyclic) bond motifs is 1. The smallest absolute Gasteiger partial charge is 0.275 e. The molecule has 3 rings (SSSR count). The molecule has 28 heavy (non-hydrogen) atoms. The highest BCUT2D eigenvalue weighted by molar-refractivity contribution is 7.88. The maximum absolute atomic E-state index is 12.5. The summed E-state index contributed by atoms with van der Waals surface area (Å²) in [6.45, 7) is 0.890. The Hall–Kier alpha value is -2.70. The molecule has 9 heteroatoms. The fraction of sp³-hybridized carbons (Fsp3) is 0.421. The number of piperidine rings is 1. The number of nitrogens with zero attached hydrogens (tertiary/aromatic N) is 3. The van der Waals surface area contributed by atoms with Crippen LogP contribution in [0.4, 0.5) is 0 Å². The molecule has 1 aliphatic heterocycles. The summed E-state index contributed by atoms with van der Waals surface area (Å²) in [5, 5.41) is 8.35. The monoisotopic (exact) mass is 402 g/mol. The summed E-state index contributed by atoms with van der Waals surface area (Å²) >= 11 is 0. The third-order valence-corrected chi connectivity index (χ3v) is 6.21. The fourth-order valence-electron chi connectivity index (χ4n) is 3.39. The Kier molecular flexibility index (Phi) is 5.82. The third-order valence-electron chi connectivity index (χ3n) is 4.91. The number of carbonyl (C=O) groups excluding carboxylic acids is 1. The largest absolute Gasteiger partial charge is 0.350 e. The van der Waals surface area contributed by atoms with Crippen molar-refractivity contribution in [1.29, 1.82) is 0 Å². The molecule has 0 aliphatic carbocycles. The predicted octanol–water partition coefficient (Wildman–Crippen LogP) is 0.318. The highest BCUT2D eigenvalue weighted by Crippen LogP contribution is 2.20. The molecule has 0 spiro atoms. The number of benzene rings is 1. The summed E-state index contributed by atoms with van der Waals surface area (Å²) in [4.78, 5) is 25.0. The summed E-state index contributed by atoms with van der Waals surface area (Å²) in [6.07, 6.45) is 7.45. The standard InChI is InChI=1S/C19H22N4O4S/c1-3-10-23-19(25)16-7-5-4-6-15(16)17(21-23)13-20-18(24)14-8-11-22(12-9-14)28(2,26)27/h1,4-7,14H,8-13H2,2H3,(H,20,24). The zero-order chi connectivity index (χ0) is 20.3. The van der Waals surface area contributed by atoms with Crippen molar-refractivity contribution < 1.29 is 13.2 Å². The molecule has 2 aromatic rings. The Balaban J connectivity index is 1.74. The first kappa shape index (κ1) is 20.0. The Morgan fingerprint density at radius 2 is 1.93 bits per heavy atom. The maximum atomic E-state index is 12.5. The average molecular weight is 402 g/mol. The lowest BCUT2D eigenvalue weighted by Crippen LogP contribution is -2.42. The summed E-state index contributed by atoms with van der Waals surface area (Å²) in [5.74, 6) is 2.02. The molecule has 1 aromatic heterocycles. The lowest BCUT2D eigenvalue weighted by atomic mass is 9.97. The fourth-order valence-corrected chi connectivity index (χ4v) is 4.27. The topological polar surface area (TPSA) is 101 Å². The molecular formula is C19H22N4O4S. The van der Waals surface area contributed by atoms with Crippen molar-refractivity contribution in [3.05, 3.63) is 40.3 Å². The van der Waals surface area contributed by atoms with Gasteiger partial charge in [-0.05, 0) is 18.9 Å². The molecule has 0 unspecified atom stereocenters. The molecule has 0 saturated carbocycles. The van der Waals surface area contributed by atoms with Crippen LogP contribution in [0.1, 0.15) is 18.5 Å². The Morgan fingerprint density at radius 3 is 2.54 bits per heavy atom. The van der Waals surface area contributed by atoms with E-state index in [0.717, 1.165) is 0 Å². The van der Waals surface area contributed by atoms with Gasteiger partial charge in [0.25, 0.3) is 5.56 Å². The molecule has 1 saturated heterocycles. The van der Waals surface area contributed by atoms with Gasteiger partial charge in [0.1, 0.15) is 6.54 Å². The molecule has 0 bridgehead atoms. The quantitative estimate of drug-likeness (QED) is 0.726. The minimum Gasteiger partial charge on any atom is -0.350 e. The second kappa shape index (κ2) is 8.12. The minimum atomic E-state index is -3.23. The normalized spacial score (nSPS) is 16.0. The van der Waals surface area contributed by atoms with Crippen LogP contribution >= 0.6 is 0 Å². The van der Waals surface area contributed by atoms with Gasteiger partial charge in [-0.2, -0.15) is 5.10 Å². The van der Waals surface area contributed by atoms with Crippen molar-refractivity contribution in [3.63, 3.8) is 0 Å². The first-order chi connectivity index (χ1) is 13.3. The number of hydrogen-bond acceptors (Lipinski definition) is 5. The van der Waals surface area contributed by atoms with E-state index in [2.05, 4.69) is 16.3 Å². The number of terminal acetylenes is 1. The Labute approximate surface area is 163 Å². The molecule has 1 amide bonds. The van der Waals surface area contributed by atoms with Gasteiger partial charge in [0, 0.05) is 24.4 Å². The lowest BCUT2D eigenvalue weighted by molar-refractivity contribution is -0.126. The summed E-state index contributed by atoms with van der Waals surface area (Å²) in [7, 11) is -3.23. The number of carbonyl (C=O) groups is 1. The van der Waals surface area contributed by atoms with Gasteiger partial charge >= 0.3 is 0 Å². The number of aromatic nitrogens is 2. The zero-order valence-electron chi connectivity index (χ0n) is 15.6. The van der Waals surface area contributed by atoms with Gasteiger partial charge in [-0.1, -0.05) is 24.1 Å². The molecule has 0 radical (unpaired) electrons. The van der Waals surface area contributed by atoms with E-state index in [1.807, 2.05) is 0 Å². The van der Waals surface area contributed by atoms with Crippen molar-refractivity contribution in [1.82, 2.24) is 19.4 Å². The third kappa shape index (κ3) is 4.24. The highest BCUT2D eigenvalue weighted by atomic mass is 32.2. The molecular weight excluding hydrogens is 380 g/mol. The van der Waals surface area contributed by atoms with E-state index in [1.165, 1.54) is 15.2 Å². The number of amides is 1. The lowest BCUT2D eigenvalue weighted by Gasteiger charge is -2.29. The van der Waals surface area contributed by atoms with Crippen LogP contribution in [0.5, 0.6) is 0 Å². The van der Waals surface area contributed by atoms with E-state index in [9.17, 15) is 18.0 Å². The van der Waals surface area contributed by atoms with Crippen LogP contribution < -0.4 is 10.9 Å². The Bertz CT molecular complexity index is 1090. The van der Waals surface area contributed by atoms with Crippen LogP contribution in [0.25, 0.3) is 10.8 Å². The van der Waals surface area contributed by atoms with Crippen LogP contribution in [-0.4, -0.2) is 47.8 Å². The summed E-state index contributed by atoms with van der Waals surface area (Å²) < 4.78 is 25.8. The van der Waals surface area contributed by atoms with E-state index in [1.54, 1.807) is 24.3 Å². The number of hydrogen-bond donors (Lipinski definition) is 1. The average Bonchev–Trinajstić information content (AvgIpc) is 2.68.